The quantitative estimate of drug-likeness (QED) is 0.811. The Kier molecular flexibility index (Phi) is 4.55. The van der Waals surface area contributed by atoms with Crippen LogP contribution in [0.5, 0.6) is 0 Å². The van der Waals surface area contributed by atoms with Crippen LogP contribution in [0.25, 0.3) is 0 Å². The van der Waals surface area contributed by atoms with Gasteiger partial charge in [0.2, 0.25) is 5.91 Å². The van der Waals surface area contributed by atoms with Crippen molar-refractivity contribution < 1.29 is 13.6 Å². The summed E-state index contributed by atoms with van der Waals surface area (Å²) < 4.78 is 26.7. The molecule has 4 nitrogen and oxygen atoms in total. The molecule has 0 aliphatic carbocycles. The minimum absolute atomic E-state index is 0.0324. The average molecular weight is 239 g/mol. The maximum absolute atomic E-state index is 13.4. The summed E-state index contributed by atoms with van der Waals surface area (Å²) >= 11 is 0. The van der Waals surface area contributed by atoms with E-state index in [2.05, 4.69) is 10.6 Å². The summed E-state index contributed by atoms with van der Waals surface area (Å²) in [4.78, 5) is 10.9. The number of nitriles is 1. The zero-order valence-electron chi connectivity index (χ0n) is 9.18. The number of hydrogen-bond donors (Lipinski definition) is 2. The van der Waals surface area contributed by atoms with Crippen LogP contribution in [0.4, 0.5) is 8.78 Å². The van der Waals surface area contributed by atoms with Crippen molar-refractivity contribution in [2.45, 2.75) is 6.54 Å². The minimum atomic E-state index is -0.800. The Bertz CT molecular complexity index is 445. The lowest BCUT2D eigenvalue weighted by molar-refractivity contribution is -0.119. The largest absolute Gasteiger partial charge is 0.358 e. The number of carbonyl (C=O) groups is 1. The van der Waals surface area contributed by atoms with E-state index < -0.39 is 11.6 Å². The zero-order chi connectivity index (χ0) is 12.8. The first kappa shape index (κ1) is 13.1. The molecule has 0 aromatic heterocycles. The molecule has 1 amide bonds. The molecule has 0 fully saturated rings. The van der Waals surface area contributed by atoms with Crippen molar-refractivity contribution in [2.75, 3.05) is 13.6 Å². The van der Waals surface area contributed by atoms with Gasteiger partial charge in [0, 0.05) is 19.2 Å². The molecule has 0 heterocycles. The smallest absolute Gasteiger partial charge is 0.233 e. The molecule has 2 N–H and O–H groups in total. The van der Waals surface area contributed by atoms with Gasteiger partial charge in [0.25, 0.3) is 0 Å². The molecule has 17 heavy (non-hydrogen) atoms. The molecule has 0 spiro atoms. The first-order chi connectivity index (χ1) is 8.08. The molecule has 0 unspecified atom stereocenters. The van der Waals surface area contributed by atoms with Crippen molar-refractivity contribution in [3.05, 3.63) is 34.9 Å². The molecular weight excluding hydrogens is 228 g/mol. The summed E-state index contributed by atoms with van der Waals surface area (Å²) in [5.41, 5.74) is -0.261. The van der Waals surface area contributed by atoms with Crippen LogP contribution in [-0.2, 0) is 11.3 Å². The fourth-order valence-electron chi connectivity index (χ4n) is 1.23. The predicted octanol–water partition coefficient (Wildman–Crippen LogP) is 0.672. The van der Waals surface area contributed by atoms with Gasteiger partial charge in [0.15, 0.2) is 0 Å². The van der Waals surface area contributed by atoms with Crippen LogP contribution in [0.2, 0.25) is 0 Å². The molecular formula is C11H11F2N3O. The Morgan fingerprint density at radius 2 is 2.00 bits per heavy atom. The maximum Gasteiger partial charge on any atom is 0.233 e. The Morgan fingerprint density at radius 3 is 2.47 bits per heavy atom. The fraction of sp³-hybridized carbons (Fsp3) is 0.273. The summed E-state index contributed by atoms with van der Waals surface area (Å²) in [7, 11) is 1.47. The van der Waals surface area contributed by atoms with E-state index in [0.29, 0.717) is 0 Å². The summed E-state index contributed by atoms with van der Waals surface area (Å²) in [5, 5.41) is 13.5. The Hall–Kier alpha value is -2.00. The van der Waals surface area contributed by atoms with Gasteiger partial charge in [-0.2, -0.15) is 5.26 Å². The molecule has 0 atom stereocenters. The number of likely N-dealkylation sites (N-methyl/N-ethyl adjacent to an activating group) is 1. The highest BCUT2D eigenvalue weighted by Gasteiger charge is 2.11. The first-order valence-electron chi connectivity index (χ1n) is 4.87. The van der Waals surface area contributed by atoms with Crippen molar-refractivity contribution >= 4 is 5.91 Å². The third-order valence-corrected chi connectivity index (χ3v) is 2.14. The predicted molar refractivity (Wildman–Crippen MR) is 56.8 cm³/mol. The van der Waals surface area contributed by atoms with Crippen LogP contribution >= 0.6 is 0 Å². The fourth-order valence-corrected chi connectivity index (χ4v) is 1.23. The van der Waals surface area contributed by atoms with Crippen molar-refractivity contribution in [1.82, 2.24) is 10.6 Å². The number of benzene rings is 1. The molecule has 0 aliphatic heterocycles. The number of hydrogen-bond acceptors (Lipinski definition) is 3. The van der Waals surface area contributed by atoms with Crippen molar-refractivity contribution in [1.29, 1.82) is 5.26 Å². The van der Waals surface area contributed by atoms with Gasteiger partial charge in [-0.3, -0.25) is 4.79 Å². The number of nitrogens with zero attached hydrogens (tertiary/aromatic N) is 1. The van der Waals surface area contributed by atoms with E-state index in [0.717, 1.165) is 12.1 Å². The standard InChI is InChI=1S/C11H11F2N3O/c1-15-11(17)6-16-5-8-9(12)2-7(4-14)3-10(8)13/h2-3,16H,5-6H2,1H3,(H,15,17). The molecule has 6 heteroatoms. The van der Waals surface area contributed by atoms with Crippen molar-refractivity contribution in [2.24, 2.45) is 0 Å². The number of nitrogens with one attached hydrogen (secondary N) is 2. The highest BCUT2D eigenvalue weighted by molar-refractivity contribution is 5.77. The van der Waals surface area contributed by atoms with E-state index in [1.165, 1.54) is 7.05 Å². The van der Waals surface area contributed by atoms with Crippen molar-refractivity contribution in [3.63, 3.8) is 0 Å². The van der Waals surface area contributed by atoms with Crippen LogP contribution in [-0.4, -0.2) is 19.5 Å². The van der Waals surface area contributed by atoms with Gasteiger partial charge in [-0.05, 0) is 12.1 Å². The second-order valence-corrected chi connectivity index (χ2v) is 3.31. The van der Waals surface area contributed by atoms with Gasteiger partial charge in [-0.25, -0.2) is 8.78 Å². The van der Waals surface area contributed by atoms with E-state index in [-0.39, 0.29) is 30.1 Å². The maximum atomic E-state index is 13.4. The Balaban J connectivity index is 2.72. The molecule has 1 aromatic rings. The zero-order valence-corrected chi connectivity index (χ0v) is 9.18. The number of carbonyl (C=O) groups excluding carboxylic acids is 1. The van der Waals surface area contributed by atoms with Gasteiger partial charge in [0.05, 0.1) is 18.2 Å². The summed E-state index contributed by atoms with van der Waals surface area (Å²) in [6.07, 6.45) is 0. The molecule has 0 saturated carbocycles. The van der Waals surface area contributed by atoms with Gasteiger partial charge in [-0.1, -0.05) is 0 Å². The van der Waals surface area contributed by atoms with E-state index in [1.54, 1.807) is 6.07 Å². The van der Waals surface area contributed by atoms with E-state index >= 15 is 0 Å². The van der Waals surface area contributed by atoms with Gasteiger partial charge >= 0.3 is 0 Å². The Labute approximate surface area is 97.2 Å². The minimum Gasteiger partial charge on any atom is -0.358 e. The lowest BCUT2D eigenvalue weighted by atomic mass is 10.1. The van der Waals surface area contributed by atoms with E-state index in [1.807, 2.05) is 0 Å². The molecule has 0 radical (unpaired) electrons. The monoisotopic (exact) mass is 239 g/mol. The van der Waals surface area contributed by atoms with Crippen LogP contribution in [0.3, 0.4) is 0 Å². The number of amides is 1. The third-order valence-electron chi connectivity index (χ3n) is 2.14. The SMILES string of the molecule is CNC(=O)CNCc1c(F)cc(C#N)cc1F. The van der Waals surface area contributed by atoms with Crippen LogP contribution in [0.1, 0.15) is 11.1 Å². The Morgan fingerprint density at radius 1 is 1.41 bits per heavy atom. The van der Waals surface area contributed by atoms with Crippen LogP contribution in [0, 0.1) is 23.0 Å². The van der Waals surface area contributed by atoms with Gasteiger partial charge in [0.1, 0.15) is 11.6 Å². The second kappa shape index (κ2) is 5.92. The van der Waals surface area contributed by atoms with Gasteiger partial charge in [-0.15, -0.1) is 0 Å². The van der Waals surface area contributed by atoms with Crippen molar-refractivity contribution in [3.8, 4) is 6.07 Å². The van der Waals surface area contributed by atoms with Crippen LogP contribution in [0.15, 0.2) is 12.1 Å². The third kappa shape index (κ3) is 3.50. The average Bonchev–Trinajstić information content (AvgIpc) is 2.31. The topological polar surface area (TPSA) is 64.9 Å². The summed E-state index contributed by atoms with van der Waals surface area (Å²) in [6.45, 7) is -0.147. The van der Waals surface area contributed by atoms with Gasteiger partial charge < -0.3 is 10.6 Å². The highest BCUT2D eigenvalue weighted by Crippen LogP contribution is 2.14. The van der Waals surface area contributed by atoms with E-state index in [4.69, 9.17) is 5.26 Å². The number of halogens is 2. The molecule has 0 bridgehead atoms. The molecule has 90 valence electrons. The second-order valence-electron chi connectivity index (χ2n) is 3.31. The lowest BCUT2D eigenvalue weighted by Crippen LogP contribution is -2.31. The summed E-state index contributed by atoms with van der Waals surface area (Å²) in [6, 6.07) is 3.57. The summed E-state index contributed by atoms with van der Waals surface area (Å²) in [5.74, 6) is -1.88. The van der Waals surface area contributed by atoms with Crippen LogP contribution < -0.4 is 10.6 Å². The molecule has 0 aliphatic rings. The highest BCUT2D eigenvalue weighted by atomic mass is 19.1. The normalized spacial score (nSPS) is 9.76. The van der Waals surface area contributed by atoms with E-state index in [9.17, 15) is 13.6 Å². The molecule has 1 aromatic carbocycles. The lowest BCUT2D eigenvalue weighted by Gasteiger charge is -2.07. The molecule has 1 rings (SSSR count). The molecule has 0 saturated heterocycles. The number of rotatable bonds is 4. The first-order valence-corrected chi connectivity index (χ1v) is 4.87.